The van der Waals surface area contributed by atoms with Gasteiger partial charge in [0.05, 0.1) is 11.1 Å². The third-order valence-electron chi connectivity index (χ3n) is 3.05. The zero-order valence-corrected chi connectivity index (χ0v) is 12.9. The minimum absolute atomic E-state index is 0.334. The average Bonchev–Trinajstić information content (AvgIpc) is 3.01. The SMILES string of the molecule is CCc1cc2c(Oc3cc(C)nn3C)nc(NN)nc2s1. The Balaban J connectivity index is 2.11. The molecule has 110 valence electrons. The van der Waals surface area contributed by atoms with Crippen LogP contribution in [0.25, 0.3) is 10.2 Å². The van der Waals surface area contributed by atoms with Crippen LogP contribution in [-0.4, -0.2) is 19.7 Å². The maximum absolute atomic E-state index is 5.90. The van der Waals surface area contributed by atoms with Crippen molar-refractivity contribution in [1.29, 1.82) is 0 Å². The van der Waals surface area contributed by atoms with Crippen molar-refractivity contribution in [2.75, 3.05) is 5.43 Å². The number of nitrogens with two attached hydrogens (primary N) is 1. The molecule has 3 heterocycles. The van der Waals surface area contributed by atoms with Crippen molar-refractivity contribution in [2.24, 2.45) is 12.9 Å². The van der Waals surface area contributed by atoms with Crippen LogP contribution >= 0.6 is 11.3 Å². The van der Waals surface area contributed by atoms with Crippen LogP contribution in [0, 0.1) is 6.92 Å². The lowest BCUT2D eigenvalue weighted by Gasteiger charge is -2.07. The summed E-state index contributed by atoms with van der Waals surface area (Å²) in [6.45, 7) is 4.01. The van der Waals surface area contributed by atoms with Gasteiger partial charge in [-0.1, -0.05) is 6.92 Å². The van der Waals surface area contributed by atoms with Gasteiger partial charge in [-0.25, -0.2) is 15.5 Å². The van der Waals surface area contributed by atoms with Crippen LogP contribution < -0.4 is 16.0 Å². The molecule has 0 amide bonds. The van der Waals surface area contributed by atoms with E-state index < -0.39 is 0 Å². The Hall–Kier alpha value is -2.19. The summed E-state index contributed by atoms with van der Waals surface area (Å²) in [4.78, 5) is 10.7. The van der Waals surface area contributed by atoms with Crippen LogP contribution in [0.15, 0.2) is 12.1 Å². The van der Waals surface area contributed by atoms with Crippen LogP contribution in [0.4, 0.5) is 5.95 Å². The Labute approximate surface area is 125 Å². The topological polar surface area (TPSA) is 90.9 Å². The molecule has 0 aromatic carbocycles. The van der Waals surface area contributed by atoms with E-state index in [1.165, 1.54) is 4.88 Å². The molecule has 3 aromatic rings. The summed E-state index contributed by atoms with van der Waals surface area (Å²) in [6.07, 6.45) is 0.941. The molecule has 0 spiro atoms. The van der Waals surface area contributed by atoms with Gasteiger partial charge in [0.1, 0.15) is 4.83 Å². The second kappa shape index (κ2) is 5.30. The monoisotopic (exact) mass is 304 g/mol. The third-order valence-corrected chi connectivity index (χ3v) is 4.22. The molecule has 0 bridgehead atoms. The lowest BCUT2D eigenvalue weighted by atomic mass is 10.3. The van der Waals surface area contributed by atoms with Gasteiger partial charge < -0.3 is 4.74 Å². The predicted octanol–water partition coefficient (Wildman–Crippen LogP) is 2.37. The van der Waals surface area contributed by atoms with E-state index in [0.717, 1.165) is 22.3 Å². The maximum atomic E-state index is 5.90. The van der Waals surface area contributed by atoms with Crippen LogP contribution in [-0.2, 0) is 13.5 Å². The van der Waals surface area contributed by atoms with E-state index in [1.807, 2.05) is 20.0 Å². The molecule has 0 radical (unpaired) electrons. The van der Waals surface area contributed by atoms with Crippen LogP contribution in [0.2, 0.25) is 0 Å². The number of nitrogens with zero attached hydrogens (tertiary/aromatic N) is 4. The summed E-state index contributed by atoms with van der Waals surface area (Å²) < 4.78 is 7.58. The average molecular weight is 304 g/mol. The summed E-state index contributed by atoms with van der Waals surface area (Å²) in [7, 11) is 1.83. The number of nitrogen functional groups attached to an aromatic ring is 1. The molecule has 3 aromatic heterocycles. The molecule has 0 saturated heterocycles. The summed E-state index contributed by atoms with van der Waals surface area (Å²) in [6, 6.07) is 3.91. The number of hydrogen-bond acceptors (Lipinski definition) is 7. The Morgan fingerprint density at radius 2 is 2.19 bits per heavy atom. The second-order valence-electron chi connectivity index (χ2n) is 4.63. The molecule has 0 fully saturated rings. The molecular weight excluding hydrogens is 288 g/mol. The van der Waals surface area contributed by atoms with Gasteiger partial charge in [-0.3, -0.25) is 5.43 Å². The molecule has 0 unspecified atom stereocenters. The van der Waals surface area contributed by atoms with Gasteiger partial charge in [-0.2, -0.15) is 10.1 Å². The van der Waals surface area contributed by atoms with Crippen molar-refractivity contribution in [2.45, 2.75) is 20.3 Å². The molecular formula is C13H16N6OS. The molecule has 0 atom stereocenters. The van der Waals surface area contributed by atoms with E-state index in [9.17, 15) is 0 Å². The minimum Gasteiger partial charge on any atom is -0.420 e. The molecule has 21 heavy (non-hydrogen) atoms. The first-order chi connectivity index (χ1) is 10.1. The van der Waals surface area contributed by atoms with E-state index >= 15 is 0 Å². The normalized spacial score (nSPS) is 11.0. The summed E-state index contributed by atoms with van der Waals surface area (Å²) in [5.41, 5.74) is 3.36. The highest BCUT2D eigenvalue weighted by atomic mass is 32.1. The Kier molecular flexibility index (Phi) is 3.48. The van der Waals surface area contributed by atoms with E-state index in [0.29, 0.717) is 17.7 Å². The first kappa shape index (κ1) is 13.8. The van der Waals surface area contributed by atoms with E-state index in [1.54, 1.807) is 16.0 Å². The smallest absolute Gasteiger partial charge is 0.241 e. The predicted molar refractivity (Wildman–Crippen MR) is 82.6 cm³/mol. The van der Waals surface area contributed by atoms with Gasteiger partial charge in [0.25, 0.3) is 0 Å². The van der Waals surface area contributed by atoms with Crippen molar-refractivity contribution in [3.05, 3.63) is 22.7 Å². The number of hydrogen-bond donors (Lipinski definition) is 2. The number of aryl methyl sites for hydroxylation is 3. The van der Waals surface area contributed by atoms with Crippen molar-refractivity contribution in [3.8, 4) is 11.8 Å². The molecule has 3 rings (SSSR count). The first-order valence-corrected chi connectivity index (χ1v) is 7.38. The third kappa shape index (κ3) is 2.55. The van der Waals surface area contributed by atoms with Gasteiger partial charge in [-0.05, 0) is 19.4 Å². The zero-order chi connectivity index (χ0) is 15.0. The molecule has 3 N–H and O–H groups in total. The summed E-state index contributed by atoms with van der Waals surface area (Å²) in [5, 5.41) is 5.15. The first-order valence-electron chi connectivity index (χ1n) is 6.56. The second-order valence-corrected chi connectivity index (χ2v) is 5.75. The van der Waals surface area contributed by atoms with E-state index in [-0.39, 0.29) is 0 Å². The molecule has 0 aliphatic carbocycles. The molecule has 0 aliphatic heterocycles. The highest BCUT2D eigenvalue weighted by Crippen LogP contribution is 2.34. The lowest BCUT2D eigenvalue weighted by Crippen LogP contribution is -2.10. The Morgan fingerprint density at radius 1 is 1.38 bits per heavy atom. The quantitative estimate of drug-likeness (QED) is 0.568. The van der Waals surface area contributed by atoms with E-state index in [2.05, 4.69) is 33.5 Å². The molecule has 7 nitrogen and oxygen atoms in total. The number of ether oxygens (including phenoxy) is 1. The molecule has 8 heteroatoms. The van der Waals surface area contributed by atoms with Gasteiger partial charge in [0.15, 0.2) is 0 Å². The fourth-order valence-corrected chi connectivity index (χ4v) is 3.00. The number of rotatable bonds is 4. The fourth-order valence-electron chi connectivity index (χ4n) is 2.04. The molecule has 0 aliphatic rings. The molecule has 0 saturated carbocycles. The van der Waals surface area contributed by atoms with Crippen LogP contribution in [0.5, 0.6) is 11.8 Å². The van der Waals surface area contributed by atoms with Crippen molar-refractivity contribution in [3.63, 3.8) is 0 Å². The summed E-state index contributed by atoms with van der Waals surface area (Å²) in [5.74, 6) is 6.87. The Morgan fingerprint density at radius 3 is 2.81 bits per heavy atom. The number of anilines is 1. The number of hydrazine groups is 1. The number of fused-ring (bicyclic) bond motifs is 1. The minimum atomic E-state index is 0.334. The zero-order valence-electron chi connectivity index (χ0n) is 12.0. The fraction of sp³-hybridized carbons (Fsp3) is 0.308. The number of aromatic nitrogens is 4. The highest BCUT2D eigenvalue weighted by molar-refractivity contribution is 7.18. The number of thiophene rings is 1. The van der Waals surface area contributed by atoms with Gasteiger partial charge in [-0.15, -0.1) is 11.3 Å². The van der Waals surface area contributed by atoms with Crippen molar-refractivity contribution < 1.29 is 4.74 Å². The number of nitrogens with one attached hydrogen (secondary N) is 1. The van der Waals surface area contributed by atoms with Gasteiger partial charge in [0, 0.05) is 18.0 Å². The summed E-state index contributed by atoms with van der Waals surface area (Å²) >= 11 is 1.61. The van der Waals surface area contributed by atoms with Crippen LogP contribution in [0.3, 0.4) is 0 Å². The standard InChI is InChI=1S/C13H16N6OS/c1-4-8-6-9-11(15-13(17-14)16-12(9)21-8)20-10-5-7(2)18-19(10)3/h5-6H,4,14H2,1-3H3,(H,15,16,17). The van der Waals surface area contributed by atoms with Gasteiger partial charge in [0.2, 0.25) is 17.7 Å². The Bertz CT molecular complexity index is 793. The highest BCUT2D eigenvalue weighted by Gasteiger charge is 2.14. The van der Waals surface area contributed by atoms with Crippen LogP contribution in [0.1, 0.15) is 17.5 Å². The van der Waals surface area contributed by atoms with Gasteiger partial charge >= 0.3 is 0 Å². The largest absolute Gasteiger partial charge is 0.420 e. The van der Waals surface area contributed by atoms with E-state index in [4.69, 9.17) is 10.6 Å². The maximum Gasteiger partial charge on any atom is 0.241 e. The van der Waals surface area contributed by atoms with Crippen molar-refractivity contribution >= 4 is 27.5 Å². The van der Waals surface area contributed by atoms with Crippen molar-refractivity contribution in [1.82, 2.24) is 19.7 Å². The lowest BCUT2D eigenvalue weighted by molar-refractivity contribution is 0.420.